The van der Waals surface area contributed by atoms with E-state index in [1.807, 2.05) is 6.07 Å². The second-order valence-electron chi connectivity index (χ2n) is 6.35. The average molecular weight is 308 g/mol. The molecule has 3 rings (SSSR count). The van der Waals surface area contributed by atoms with Crippen LogP contribution in [0.15, 0.2) is 18.2 Å². The van der Waals surface area contributed by atoms with Crippen molar-refractivity contribution < 1.29 is 0 Å². The molecule has 0 spiro atoms. The third-order valence-corrected chi connectivity index (χ3v) is 5.09. The van der Waals surface area contributed by atoms with Crippen LogP contribution in [-0.2, 0) is 6.54 Å². The largest absolute Gasteiger partial charge is 0.366 e. The lowest BCUT2D eigenvalue weighted by atomic mass is 10.0. The lowest BCUT2D eigenvalue weighted by Crippen LogP contribution is -2.55. The van der Waals surface area contributed by atoms with E-state index >= 15 is 0 Å². The van der Waals surface area contributed by atoms with Gasteiger partial charge in [0.05, 0.1) is 0 Å². The lowest BCUT2D eigenvalue weighted by Gasteiger charge is -2.44. The molecule has 1 N–H and O–H groups in total. The van der Waals surface area contributed by atoms with Crippen LogP contribution in [0.5, 0.6) is 0 Å². The van der Waals surface area contributed by atoms with E-state index in [1.54, 1.807) is 0 Å². The van der Waals surface area contributed by atoms with Gasteiger partial charge in [0, 0.05) is 42.4 Å². The first-order valence-corrected chi connectivity index (χ1v) is 8.56. The number of benzene rings is 1. The van der Waals surface area contributed by atoms with Gasteiger partial charge in [-0.25, -0.2) is 0 Å². The molecule has 0 radical (unpaired) electrons. The van der Waals surface area contributed by atoms with Gasteiger partial charge in [-0.1, -0.05) is 18.5 Å². The van der Waals surface area contributed by atoms with Gasteiger partial charge in [-0.3, -0.25) is 4.90 Å². The molecule has 0 aliphatic carbocycles. The number of piperazine rings is 1. The first-order chi connectivity index (χ1) is 10.2. The summed E-state index contributed by atoms with van der Waals surface area (Å²) < 4.78 is 0. The van der Waals surface area contributed by atoms with Crippen molar-refractivity contribution in [3.8, 4) is 0 Å². The lowest BCUT2D eigenvalue weighted by molar-refractivity contribution is 0.203. The van der Waals surface area contributed by atoms with Gasteiger partial charge in [0.15, 0.2) is 0 Å². The van der Waals surface area contributed by atoms with E-state index < -0.39 is 0 Å². The highest BCUT2D eigenvalue weighted by atomic mass is 35.5. The summed E-state index contributed by atoms with van der Waals surface area (Å²) in [5.41, 5.74) is 2.68. The van der Waals surface area contributed by atoms with E-state index in [1.165, 1.54) is 37.2 Å². The Hall–Kier alpha value is -0.770. The van der Waals surface area contributed by atoms with Gasteiger partial charge in [0.2, 0.25) is 0 Å². The Morgan fingerprint density at radius 2 is 2.19 bits per heavy atom. The molecule has 4 heteroatoms. The molecule has 1 aromatic carbocycles. The topological polar surface area (TPSA) is 18.5 Å². The molecule has 3 nitrogen and oxygen atoms in total. The minimum absolute atomic E-state index is 0.570. The van der Waals surface area contributed by atoms with Gasteiger partial charge in [0.25, 0.3) is 0 Å². The number of halogens is 1. The molecule has 2 aliphatic rings. The van der Waals surface area contributed by atoms with E-state index in [9.17, 15) is 0 Å². The van der Waals surface area contributed by atoms with Crippen LogP contribution in [0.4, 0.5) is 5.69 Å². The summed E-state index contributed by atoms with van der Waals surface area (Å²) in [5.74, 6) is 0. The van der Waals surface area contributed by atoms with Crippen molar-refractivity contribution in [1.82, 2.24) is 10.2 Å². The normalized spacial score (nSPS) is 26.1. The number of rotatable bonds is 4. The smallest absolute Gasteiger partial charge is 0.0416 e. The summed E-state index contributed by atoms with van der Waals surface area (Å²) in [4.78, 5) is 5.26. The van der Waals surface area contributed by atoms with Gasteiger partial charge in [-0.15, -0.1) is 0 Å². The Labute approximate surface area is 133 Å². The molecule has 2 fully saturated rings. The zero-order chi connectivity index (χ0) is 14.8. The minimum Gasteiger partial charge on any atom is -0.366 e. The number of anilines is 1. The number of hydrogen-bond donors (Lipinski definition) is 1. The van der Waals surface area contributed by atoms with Crippen LogP contribution in [0.3, 0.4) is 0 Å². The summed E-state index contributed by atoms with van der Waals surface area (Å²) in [7, 11) is 0. The second kappa shape index (κ2) is 6.55. The molecule has 0 saturated carbocycles. The van der Waals surface area contributed by atoms with Crippen LogP contribution in [-0.4, -0.2) is 43.2 Å². The predicted molar refractivity (Wildman–Crippen MR) is 90.2 cm³/mol. The maximum atomic E-state index is 6.21. The van der Waals surface area contributed by atoms with Crippen LogP contribution < -0.4 is 10.2 Å². The van der Waals surface area contributed by atoms with E-state index in [2.05, 4.69) is 41.1 Å². The van der Waals surface area contributed by atoms with E-state index in [0.717, 1.165) is 30.7 Å². The molecule has 2 unspecified atom stereocenters. The Morgan fingerprint density at radius 3 is 3.00 bits per heavy atom. The molecule has 2 saturated heterocycles. The zero-order valence-corrected chi connectivity index (χ0v) is 13.9. The Morgan fingerprint density at radius 1 is 1.33 bits per heavy atom. The molecule has 116 valence electrons. The van der Waals surface area contributed by atoms with Crippen LogP contribution in [0.2, 0.25) is 5.02 Å². The molecule has 0 amide bonds. The number of hydrogen-bond acceptors (Lipinski definition) is 3. The molecule has 1 aromatic rings. The standard InChI is InChI=1S/C17H26ClN3/c1-3-19-10-14-9-15(18)6-7-17(14)21-12-16-5-4-8-20(16)11-13(21)2/h6-7,9,13,16,19H,3-5,8,10-12H2,1-2H3. The van der Waals surface area contributed by atoms with Gasteiger partial charge in [-0.05, 0) is 56.6 Å². The summed E-state index contributed by atoms with van der Waals surface area (Å²) in [5, 5.41) is 4.27. The Kier molecular flexibility index (Phi) is 4.72. The van der Waals surface area contributed by atoms with Gasteiger partial charge >= 0.3 is 0 Å². The van der Waals surface area contributed by atoms with Crippen molar-refractivity contribution in [2.75, 3.05) is 31.1 Å². The highest BCUT2D eigenvalue weighted by Gasteiger charge is 2.34. The van der Waals surface area contributed by atoms with Crippen LogP contribution in [0.25, 0.3) is 0 Å². The monoisotopic (exact) mass is 307 g/mol. The van der Waals surface area contributed by atoms with Gasteiger partial charge in [0.1, 0.15) is 0 Å². The SMILES string of the molecule is CCNCc1cc(Cl)ccc1N1CC2CCCN2CC1C. The molecule has 2 atom stereocenters. The molecular formula is C17H26ClN3. The zero-order valence-electron chi connectivity index (χ0n) is 13.1. The average Bonchev–Trinajstić information content (AvgIpc) is 2.91. The first-order valence-electron chi connectivity index (χ1n) is 8.19. The maximum absolute atomic E-state index is 6.21. The molecule has 2 heterocycles. The quantitative estimate of drug-likeness (QED) is 0.922. The van der Waals surface area contributed by atoms with Crippen molar-refractivity contribution in [1.29, 1.82) is 0 Å². The fraction of sp³-hybridized carbons (Fsp3) is 0.647. The third kappa shape index (κ3) is 3.20. The molecule has 0 aromatic heterocycles. The number of nitrogens with zero attached hydrogens (tertiary/aromatic N) is 2. The molecule has 2 aliphatic heterocycles. The fourth-order valence-electron chi connectivity index (χ4n) is 3.76. The molecule has 0 bridgehead atoms. The highest BCUT2D eigenvalue weighted by Crippen LogP contribution is 2.32. The van der Waals surface area contributed by atoms with Crippen molar-refractivity contribution >= 4 is 17.3 Å². The second-order valence-corrected chi connectivity index (χ2v) is 6.78. The van der Waals surface area contributed by atoms with E-state index in [4.69, 9.17) is 11.6 Å². The number of nitrogens with one attached hydrogen (secondary N) is 1. The summed E-state index contributed by atoms with van der Waals surface area (Å²) in [6.07, 6.45) is 2.70. The minimum atomic E-state index is 0.570. The Bertz CT molecular complexity index is 491. The van der Waals surface area contributed by atoms with Crippen molar-refractivity contribution in [3.05, 3.63) is 28.8 Å². The first kappa shape index (κ1) is 15.1. The third-order valence-electron chi connectivity index (χ3n) is 4.85. The molecular weight excluding hydrogens is 282 g/mol. The van der Waals surface area contributed by atoms with Crippen LogP contribution in [0, 0.1) is 0 Å². The van der Waals surface area contributed by atoms with E-state index in [0.29, 0.717) is 6.04 Å². The predicted octanol–water partition coefficient (Wildman–Crippen LogP) is 3.12. The fourth-order valence-corrected chi connectivity index (χ4v) is 3.95. The maximum Gasteiger partial charge on any atom is 0.0416 e. The van der Waals surface area contributed by atoms with Crippen molar-refractivity contribution in [3.63, 3.8) is 0 Å². The summed E-state index contributed by atoms with van der Waals surface area (Å²) in [6, 6.07) is 7.66. The van der Waals surface area contributed by atoms with Crippen molar-refractivity contribution in [2.45, 2.75) is 45.3 Å². The number of fused-ring (bicyclic) bond motifs is 1. The van der Waals surface area contributed by atoms with Gasteiger partial charge in [-0.2, -0.15) is 0 Å². The highest BCUT2D eigenvalue weighted by molar-refractivity contribution is 6.30. The Balaban J connectivity index is 1.84. The van der Waals surface area contributed by atoms with E-state index in [-0.39, 0.29) is 0 Å². The van der Waals surface area contributed by atoms with Crippen molar-refractivity contribution in [2.24, 2.45) is 0 Å². The van der Waals surface area contributed by atoms with Crippen LogP contribution in [0.1, 0.15) is 32.3 Å². The summed E-state index contributed by atoms with van der Waals surface area (Å²) in [6.45, 7) is 10.00. The summed E-state index contributed by atoms with van der Waals surface area (Å²) >= 11 is 6.21. The van der Waals surface area contributed by atoms with Crippen LogP contribution >= 0.6 is 11.6 Å². The van der Waals surface area contributed by atoms with Gasteiger partial charge < -0.3 is 10.2 Å². The molecule has 21 heavy (non-hydrogen) atoms.